The van der Waals surface area contributed by atoms with Crippen LogP contribution in [0.5, 0.6) is 0 Å². The lowest BCUT2D eigenvalue weighted by molar-refractivity contribution is -0.121. The van der Waals surface area contributed by atoms with Gasteiger partial charge >= 0.3 is 0 Å². The lowest BCUT2D eigenvalue weighted by Crippen LogP contribution is -2.35. The summed E-state index contributed by atoms with van der Waals surface area (Å²) in [5.74, 6) is -0.0697. The Kier molecular flexibility index (Phi) is 6.56. The molecule has 1 heterocycles. The van der Waals surface area contributed by atoms with Crippen molar-refractivity contribution in [3.05, 3.63) is 29.8 Å². The molecule has 23 heavy (non-hydrogen) atoms. The highest BCUT2D eigenvalue weighted by Gasteiger charge is 2.25. The van der Waals surface area contributed by atoms with Gasteiger partial charge in [-0.05, 0) is 43.5 Å². The van der Waals surface area contributed by atoms with Crippen LogP contribution in [0, 0.1) is 0 Å². The van der Waals surface area contributed by atoms with Crippen LogP contribution in [-0.4, -0.2) is 38.3 Å². The molecule has 3 N–H and O–H groups in total. The summed E-state index contributed by atoms with van der Waals surface area (Å²) in [6, 6.07) is 6.80. The van der Waals surface area contributed by atoms with Crippen LogP contribution in [0.15, 0.2) is 29.2 Å². The highest BCUT2D eigenvalue weighted by Crippen LogP contribution is 2.21. The Bertz CT molecular complexity index is 625. The molecule has 0 bridgehead atoms. The summed E-state index contributed by atoms with van der Waals surface area (Å²) in [5, 5.41) is 2.79. The van der Waals surface area contributed by atoms with Gasteiger partial charge in [0.05, 0.1) is 4.90 Å². The van der Waals surface area contributed by atoms with Crippen LogP contribution >= 0.6 is 0 Å². The average molecular weight is 339 g/mol. The van der Waals surface area contributed by atoms with Gasteiger partial charge in [0, 0.05) is 26.1 Å². The summed E-state index contributed by atoms with van der Waals surface area (Å²) in [7, 11) is -3.43. The second-order valence-corrected chi connectivity index (χ2v) is 7.72. The number of nitrogens with one attached hydrogen (secondary N) is 1. The minimum atomic E-state index is -3.43. The third kappa shape index (κ3) is 5.02. The Morgan fingerprint density at radius 1 is 1.22 bits per heavy atom. The maximum absolute atomic E-state index is 12.6. The largest absolute Gasteiger partial charge is 0.352 e. The van der Waals surface area contributed by atoms with Crippen LogP contribution in [0.2, 0.25) is 0 Å². The van der Waals surface area contributed by atoms with Gasteiger partial charge in [0.15, 0.2) is 0 Å². The Labute approximate surface area is 138 Å². The first-order chi connectivity index (χ1) is 11.0. The molecule has 0 radical (unpaired) electrons. The van der Waals surface area contributed by atoms with Crippen molar-refractivity contribution in [1.82, 2.24) is 9.62 Å². The SMILES string of the molecule is NCCCC(=O)NCc1cccc(S(=O)(=O)N2CCCCC2)c1. The fourth-order valence-corrected chi connectivity index (χ4v) is 4.21. The van der Waals surface area contributed by atoms with Gasteiger partial charge in [-0.15, -0.1) is 0 Å². The molecule has 1 fully saturated rings. The van der Waals surface area contributed by atoms with Crippen molar-refractivity contribution in [3.63, 3.8) is 0 Å². The molecule has 6 nitrogen and oxygen atoms in total. The van der Waals surface area contributed by atoms with Crippen molar-refractivity contribution in [2.75, 3.05) is 19.6 Å². The molecule has 0 spiro atoms. The maximum Gasteiger partial charge on any atom is 0.243 e. The minimum absolute atomic E-state index is 0.0697. The number of hydrogen-bond acceptors (Lipinski definition) is 4. The molecular weight excluding hydrogens is 314 g/mol. The average Bonchev–Trinajstić information content (AvgIpc) is 2.59. The quantitative estimate of drug-likeness (QED) is 0.781. The van der Waals surface area contributed by atoms with E-state index in [1.807, 2.05) is 6.07 Å². The number of nitrogens with two attached hydrogens (primary N) is 1. The van der Waals surface area contributed by atoms with Gasteiger partial charge in [0.2, 0.25) is 15.9 Å². The summed E-state index contributed by atoms with van der Waals surface area (Å²) in [5.41, 5.74) is 6.15. The van der Waals surface area contributed by atoms with Crippen molar-refractivity contribution < 1.29 is 13.2 Å². The highest BCUT2D eigenvalue weighted by atomic mass is 32.2. The van der Waals surface area contributed by atoms with Crippen molar-refractivity contribution in [2.24, 2.45) is 5.73 Å². The first-order valence-corrected chi connectivity index (χ1v) is 9.54. The molecule has 1 aliphatic rings. The van der Waals surface area contributed by atoms with E-state index in [1.54, 1.807) is 22.5 Å². The van der Waals surface area contributed by atoms with Crippen LogP contribution in [0.3, 0.4) is 0 Å². The zero-order valence-electron chi connectivity index (χ0n) is 13.3. The molecule has 2 rings (SSSR count). The van der Waals surface area contributed by atoms with E-state index in [9.17, 15) is 13.2 Å². The van der Waals surface area contributed by atoms with Crippen LogP contribution in [-0.2, 0) is 21.4 Å². The molecule has 0 aliphatic carbocycles. The van der Waals surface area contributed by atoms with Gasteiger partial charge in [0.1, 0.15) is 0 Å². The molecule has 1 aromatic rings. The number of amides is 1. The molecule has 1 saturated heterocycles. The van der Waals surface area contributed by atoms with E-state index in [4.69, 9.17) is 5.73 Å². The third-order valence-corrected chi connectivity index (χ3v) is 5.84. The summed E-state index contributed by atoms with van der Waals surface area (Å²) < 4.78 is 26.8. The molecule has 1 aliphatic heterocycles. The van der Waals surface area contributed by atoms with Gasteiger partial charge in [-0.25, -0.2) is 8.42 Å². The third-order valence-electron chi connectivity index (χ3n) is 3.95. The van der Waals surface area contributed by atoms with Gasteiger partial charge in [-0.1, -0.05) is 18.6 Å². The van der Waals surface area contributed by atoms with E-state index in [-0.39, 0.29) is 5.91 Å². The van der Waals surface area contributed by atoms with Crippen molar-refractivity contribution in [3.8, 4) is 0 Å². The van der Waals surface area contributed by atoms with Crippen molar-refractivity contribution in [1.29, 1.82) is 0 Å². The number of carbonyl (C=O) groups excluding carboxylic acids is 1. The zero-order chi connectivity index (χ0) is 16.7. The number of piperidine rings is 1. The van der Waals surface area contributed by atoms with E-state index in [1.165, 1.54) is 0 Å². The van der Waals surface area contributed by atoms with Gasteiger partial charge < -0.3 is 11.1 Å². The Morgan fingerprint density at radius 3 is 2.65 bits per heavy atom. The molecule has 0 unspecified atom stereocenters. The topological polar surface area (TPSA) is 92.5 Å². The predicted octanol–water partition coefficient (Wildman–Crippen LogP) is 1.22. The van der Waals surface area contributed by atoms with Crippen molar-refractivity contribution in [2.45, 2.75) is 43.5 Å². The molecule has 0 atom stereocenters. The normalized spacial score (nSPS) is 16.2. The second kappa shape index (κ2) is 8.42. The molecule has 0 aromatic heterocycles. The molecule has 128 valence electrons. The van der Waals surface area contributed by atoms with Crippen LogP contribution < -0.4 is 11.1 Å². The number of rotatable bonds is 7. The van der Waals surface area contributed by atoms with Crippen LogP contribution in [0.25, 0.3) is 0 Å². The fraction of sp³-hybridized carbons (Fsp3) is 0.562. The number of benzene rings is 1. The summed E-state index contributed by atoms with van der Waals surface area (Å²) in [6.45, 7) is 1.98. The van der Waals surface area contributed by atoms with E-state index in [0.29, 0.717) is 43.9 Å². The number of sulfonamides is 1. The van der Waals surface area contributed by atoms with E-state index >= 15 is 0 Å². The Hall–Kier alpha value is -1.44. The Balaban J connectivity index is 2.02. The van der Waals surface area contributed by atoms with E-state index in [0.717, 1.165) is 24.8 Å². The van der Waals surface area contributed by atoms with E-state index < -0.39 is 10.0 Å². The summed E-state index contributed by atoms with van der Waals surface area (Å²) in [4.78, 5) is 11.9. The molecule has 0 saturated carbocycles. The zero-order valence-corrected chi connectivity index (χ0v) is 14.1. The standard InChI is InChI=1S/C16H25N3O3S/c17-9-5-8-16(20)18-13-14-6-4-7-15(12-14)23(21,22)19-10-2-1-3-11-19/h4,6-7,12H,1-3,5,8-11,13,17H2,(H,18,20). The summed E-state index contributed by atoms with van der Waals surface area (Å²) >= 11 is 0. The lowest BCUT2D eigenvalue weighted by Gasteiger charge is -2.26. The second-order valence-electron chi connectivity index (χ2n) is 5.78. The van der Waals surface area contributed by atoms with Gasteiger partial charge in [0.25, 0.3) is 0 Å². The first-order valence-electron chi connectivity index (χ1n) is 8.10. The smallest absolute Gasteiger partial charge is 0.243 e. The maximum atomic E-state index is 12.6. The minimum Gasteiger partial charge on any atom is -0.352 e. The van der Waals surface area contributed by atoms with E-state index in [2.05, 4.69) is 5.32 Å². The number of hydrogen-bond donors (Lipinski definition) is 2. The number of nitrogens with zero attached hydrogens (tertiary/aromatic N) is 1. The highest BCUT2D eigenvalue weighted by molar-refractivity contribution is 7.89. The monoisotopic (exact) mass is 339 g/mol. The van der Waals surface area contributed by atoms with Crippen LogP contribution in [0.4, 0.5) is 0 Å². The molecule has 1 amide bonds. The fourth-order valence-electron chi connectivity index (χ4n) is 2.62. The van der Waals surface area contributed by atoms with Gasteiger partial charge in [-0.3, -0.25) is 4.79 Å². The van der Waals surface area contributed by atoms with Crippen molar-refractivity contribution >= 4 is 15.9 Å². The number of carbonyl (C=O) groups is 1. The lowest BCUT2D eigenvalue weighted by atomic mass is 10.2. The molecular formula is C16H25N3O3S. The Morgan fingerprint density at radius 2 is 1.96 bits per heavy atom. The molecule has 7 heteroatoms. The first kappa shape index (κ1) is 17.9. The van der Waals surface area contributed by atoms with Gasteiger partial charge in [-0.2, -0.15) is 4.31 Å². The predicted molar refractivity (Wildman–Crippen MR) is 89.2 cm³/mol. The summed E-state index contributed by atoms with van der Waals surface area (Å²) in [6.07, 6.45) is 3.95. The van der Waals surface area contributed by atoms with Crippen LogP contribution in [0.1, 0.15) is 37.7 Å². The molecule has 1 aromatic carbocycles.